The number of aromatic nitrogens is 3. The van der Waals surface area contributed by atoms with E-state index in [1.807, 2.05) is 13.8 Å². The summed E-state index contributed by atoms with van der Waals surface area (Å²) < 4.78 is 4.92. The first-order valence-corrected chi connectivity index (χ1v) is 6.58. The summed E-state index contributed by atoms with van der Waals surface area (Å²) in [5.74, 6) is 1.03. The summed E-state index contributed by atoms with van der Waals surface area (Å²) in [7, 11) is 0. The Morgan fingerprint density at radius 2 is 2.25 bits per heavy atom. The van der Waals surface area contributed by atoms with Crippen molar-refractivity contribution in [1.29, 1.82) is 0 Å². The lowest BCUT2D eigenvalue weighted by atomic mass is 10.2. The highest BCUT2D eigenvalue weighted by Crippen LogP contribution is 2.16. The van der Waals surface area contributed by atoms with Crippen molar-refractivity contribution in [2.75, 3.05) is 0 Å². The smallest absolute Gasteiger partial charge is 0.271 e. The van der Waals surface area contributed by atoms with Gasteiger partial charge in [-0.2, -0.15) is 0 Å². The topological polar surface area (TPSA) is 80.9 Å². The maximum Gasteiger partial charge on any atom is 0.271 e. The maximum atomic E-state index is 12.1. The first-order chi connectivity index (χ1) is 9.47. The molecule has 0 fully saturated rings. The fraction of sp³-hybridized carbons (Fsp3) is 0.385. The van der Waals surface area contributed by atoms with E-state index < -0.39 is 0 Å². The monoisotopic (exact) mass is 294 g/mol. The molecule has 0 aliphatic heterocycles. The van der Waals surface area contributed by atoms with Crippen molar-refractivity contribution in [3.63, 3.8) is 0 Å². The van der Waals surface area contributed by atoms with Crippen molar-refractivity contribution in [1.82, 2.24) is 20.4 Å². The summed E-state index contributed by atoms with van der Waals surface area (Å²) in [6.45, 7) is 5.94. The van der Waals surface area contributed by atoms with Crippen LogP contribution in [-0.4, -0.2) is 21.0 Å². The molecule has 0 aliphatic rings. The maximum absolute atomic E-state index is 12.1. The summed E-state index contributed by atoms with van der Waals surface area (Å²) in [5, 5.41) is 6.72. The highest BCUT2D eigenvalue weighted by Gasteiger charge is 2.15. The van der Waals surface area contributed by atoms with Crippen LogP contribution in [0.3, 0.4) is 0 Å². The lowest BCUT2D eigenvalue weighted by Crippen LogP contribution is -2.25. The van der Waals surface area contributed by atoms with Crippen LogP contribution in [0.2, 0.25) is 5.02 Å². The summed E-state index contributed by atoms with van der Waals surface area (Å²) >= 11 is 5.96. The number of hydrogen-bond donors (Lipinski definition) is 1. The molecule has 106 valence electrons. The minimum Gasteiger partial charge on any atom is -0.361 e. The average molecular weight is 295 g/mol. The van der Waals surface area contributed by atoms with E-state index in [1.165, 1.54) is 6.20 Å². The number of nitrogens with zero attached hydrogens (tertiary/aromatic N) is 3. The van der Waals surface area contributed by atoms with Gasteiger partial charge in [-0.05, 0) is 6.92 Å². The summed E-state index contributed by atoms with van der Waals surface area (Å²) in [6.07, 6.45) is 1.44. The van der Waals surface area contributed by atoms with E-state index in [1.54, 1.807) is 13.0 Å². The van der Waals surface area contributed by atoms with Crippen LogP contribution < -0.4 is 5.32 Å². The normalized spacial score (nSPS) is 10.8. The molecule has 0 saturated carbocycles. The molecule has 1 N–H and O–H groups in total. The van der Waals surface area contributed by atoms with Crippen LogP contribution in [0.15, 0.2) is 16.8 Å². The van der Waals surface area contributed by atoms with Crippen LogP contribution in [0.25, 0.3) is 0 Å². The molecule has 0 spiro atoms. The van der Waals surface area contributed by atoms with E-state index in [9.17, 15) is 4.79 Å². The fourth-order valence-corrected chi connectivity index (χ4v) is 1.75. The molecule has 0 aromatic carbocycles. The Kier molecular flexibility index (Phi) is 4.34. The third-order valence-electron chi connectivity index (χ3n) is 2.60. The number of halogens is 1. The minimum absolute atomic E-state index is 0.122. The zero-order valence-electron chi connectivity index (χ0n) is 11.5. The first-order valence-electron chi connectivity index (χ1n) is 6.20. The van der Waals surface area contributed by atoms with Crippen molar-refractivity contribution in [3.05, 3.63) is 40.3 Å². The zero-order valence-corrected chi connectivity index (χ0v) is 12.2. The number of carbonyl (C=O) groups is 1. The van der Waals surface area contributed by atoms with Gasteiger partial charge in [0, 0.05) is 12.0 Å². The molecule has 6 nitrogen and oxygen atoms in total. The van der Waals surface area contributed by atoms with Crippen LogP contribution in [0, 0.1) is 6.92 Å². The van der Waals surface area contributed by atoms with E-state index in [2.05, 4.69) is 20.4 Å². The molecule has 2 rings (SSSR count). The van der Waals surface area contributed by atoms with Gasteiger partial charge in [-0.3, -0.25) is 4.79 Å². The van der Waals surface area contributed by atoms with Crippen molar-refractivity contribution >= 4 is 17.5 Å². The van der Waals surface area contributed by atoms with E-state index >= 15 is 0 Å². The Balaban J connectivity index is 2.10. The predicted octanol–water partition coefficient (Wildman–Crippen LogP) is 2.48. The number of amides is 1. The second-order valence-corrected chi connectivity index (χ2v) is 5.10. The van der Waals surface area contributed by atoms with Crippen molar-refractivity contribution in [3.8, 4) is 0 Å². The number of nitrogens with one attached hydrogen (secondary N) is 1. The van der Waals surface area contributed by atoms with Crippen molar-refractivity contribution in [2.24, 2.45) is 0 Å². The minimum atomic E-state index is -0.361. The number of hydrogen-bond acceptors (Lipinski definition) is 5. The molecule has 0 radical (unpaired) electrons. The van der Waals surface area contributed by atoms with E-state index in [0.29, 0.717) is 17.3 Å². The second-order valence-electron chi connectivity index (χ2n) is 4.69. The van der Waals surface area contributed by atoms with Gasteiger partial charge in [-0.15, -0.1) is 0 Å². The number of aryl methyl sites for hydroxylation is 1. The van der Waals surface area contributed by atoms with Crippen LogP contribution in [0.1, 0.15) is 47.5 Å². The Hall–Kier alpha value is -1.95. The molecule has 2 aromatic heterocycles. The molecule has 0 saturated heterocycles. The summed E-state index contributed by atoms with van der Waals surface area (Å²) in [4.78, 5) is 20.4. The van der Waals surface area contributed by atoms with E-state index in [-0.39, 0.29) is 29.1 Å². The van der Waals surface area contributed by atoms with Gasteiger partial charge in [-0.25, -0.2) is 9.97 Å². The summed E-state index contributed by atoms with van der Waals surface area (Å²) in [6, 6.07) is 1.75. The fourth-order valence-electron chi connectivity index (χ4n) is 1.57. The van der Waals surface area contributed by atoms with Gasteiger partial charge in [0.1, 0.15) is 23.0 Å². The van der Waals surface area contributed by atoms with Crippen LogP contribution in [-0.2, 0) is 6.54 Å². The number of rotatable bonds is 4. The van der Waals surface area contributed by atoms with Gasteiger partial charge < -0.3 is 9.84 Å². The van der Waals surface area contributed by atoms with Gasteiger partial charge in [-0.1, -0.05) is 30.6 Å². The molecular formula is C13H15ClN4O2. The molecule has 0 atom stereocenters. The molecule has 2 aromatic rings. The third-order valence-corrected chi connectivity index (χ3v) is 2.88. The number of carbonyl (C=O) groups excluding carboxylic acids is 1. The SMILES string of the molecule is Cc1cc(CNC(=O)c2nc(C(C)C)ncc2Cl)no1. The molecule has 7 heteroatoms. The zero-order chi connectivity index (χ0) is 14.7. The quantitative estimate of drug-likeness (QED) is 0.937. The Bertz CT molecular complexity index is 625. The molecule has 0 unspecified atom stereocenters. The molecule has 2 heterocycles. The van der Waals surface area contributed by atoms with Crippen LogP contribution in [0.4, 0.5) is 0 Å². The standard InChI is InChI=1S/C13H15ClN4O2/c1-7(2)12-15-6-10(14)11(17-12)13(19)16-5-9-4-8(3)20-18-9/h4,6-7H,5H2,1-3H3,(H,16,19). The third kappa shape index (κ3) is 3.33. The lowest BCUT2D eigenvalue weighted by Gasteiger charge is -2.08. The Morgan fingerprint density at radius 1 is 1.50 bits per heavy atom. The predicted molar refractivity (Wildman–Crippen MR) is 73.5 cm³/mol. The van der Waals surface area contributed by atoms with Crippen molar-refractivity contribution in [2.45, 2.75) is 33.2 Å². The highest BCUT2D eigenvalue weighted by atomic mass is 35.5. The average Bonchev–Trinajstić information content (AvgIpc) is 2.82. The molecule has 0 bridgehead atoms. The van der Waals surface area contributed by atoms with E-state index in [0.717, 1.165) is 0 Å². The molecule has 20 heavy (non-hydrogen) atoms. The van der Waals surface area contributed by atoms with Gasteiger partial charge in [0.05, 0.1) is 17.8 Å². The highest BCUT2D eigenvalue weighted by molar-refractivity contribution is 6.33. The van der Waals surface area contributed by atoms with E-state index in [4.69, 9.17) is 16.1 Å². The van der Waals surface area contributed by atoms with Gasteiger partial charge >= 0.3 is 0 Å². The first kappa shape index (κ1) is 14.5. The lowest BCUT2D eigenvalue weighted by molar-refractivity contribution is 0.0944. The van der Waals surface area contributed by atoms with Gasteiger partial charge in [0.25, 0.3) is 5.91 Å². The van der Waals surface area contributed by atoms with Gasteiger partial charge in [0.2, 0.25) is 0 Å². The van der Waals surface area contributed by atoms with Crippen LogP contribution in [0.5, 0.6) is 0 Å². The second kappa shape index (κ2) is 6.00. The molecule has 0 aliphatic carbocycles. The Morgan fingerprint density at radius 3 is 2.85 bits per heavy atom. The molecular weight excluding hydrogens is 280 g/mol. The van der Waals surface area contributed by atoms with Gasteiger partial charge in [0.15, 0.2) is 0 Å². The largest absolute Gasteiger partial charge is 0.361 e. The summed E-state index contributed by atoms with van der Waals surface area (Å²) in [5.41, 5.74) is 0.815. The van der Waals surface area contributed by atoms with Crippen molar-refractivity contribution < 1.29 is 9.32 Å². The Labute approximate surface area is 121 Å². The van der Waals surface area contributed by atoms with Crippen LogP contribution >= 0.6 is 11.6 Å². The molecule has 1 amide bonds.